The Morgan fingerprint density at radius 2 is 1.41 bits per heavy atom. The molecule has 12 rings (SSSR count). The zero-order valence-corrected chi connectivity index (χ0v) is 56.3. The molecule has 9 N–H and O–H groups in total. The predicted molar refractivity (Wildman–Crippen MR) is 360 cm³/mol. The van der Waals surface area contributed by atoms with Crippen LogP contribution in [0.3, 0.4) is 0 Å². The second kappa shape index (κ2) is 31.2. The van der Waals surface area contributed by atoms with E-state index >= 15 is 0 Å². The number of nitrogens with zero attached hydrogens (tertiary/aromatic N) is 8. The highest BCUT2D eigenvalue weighted by molar-refractivity contribution is 8.07. The molecule has 5 aliphatic rings. The molecule has 3 saturated heterocycles. The highest BCUT2D eigenvalue weighted by Gasteiger charge is 2.53. The first-order valence-electron chi connectivity index (χ1n) is 32.0. The van der Waals surface area contributed by atoms with Gasteiger partial charge in [-0.05, 0) is 90.6 Å². The predicted octanol–water partition coefficient (Wildman–Crippen LogP) is 4.01. The van der Waals surface area contributed by atoms with E-state index in [2.05, 4.69) is 52.7 Å². The summed E-state index contributed by atoms with van der Waals surface area (Å²) in [6.45, 7) is -10.00. The summed E-state index contributed by atoms with van der Waals surface area (Å²) in [6, 6.07) is 23.9. The number of carbonyl (C=O) groups excluding carboxylic acids is 6. The van der Waals surface area contributed by atoms with Crippen LogP contribution in [0.25, 0.3) is 22.2 Å². The largest absolute Gasteiger partial charge is 0.387 e. The lowest BCUT2D eigenvalue weighted by Gasteiger charge is -2.28. The number of hydrogen-bond donors (Lipinski definition) is 8. The van der Waals surface area contributed by atoms with Crippen molar-refractivity contribution in [3.8, 4) is 11.8 Å². The van der Waals surface area contributed by atoms with Gasteiger partial charge in [0.1, 0.15) is 59.9 Å². The Kier molecular flexibility index (Phi) is 22.3. The molecule has 0 spiro atoms. The molecule has 4 aliphatic heterocycles. The molecule has 0 radical (unpaired) electrons. The summed E-state index contributed by atoms with van der Waals surface area (Å²) in [6.07, 6.45) is -3.52. The van der Waals surface area contributed by atoms with Gasteiger partial charge in [0.15, 0.2) is 35.5 Å². The van der Waals surface area contributed by atoms with Crippen molar-refractivity contribution in [1.82, 2.24) is 44.7 Å². The minimum Gasteiger partial charge on any atom is -0.387 e. The standard InChI is InChI=1S/C65H72N12O17P2S2/c66-59-54-61(77(37-72-54)64-58-55(83)49(91-64)34-89-95(86,97)93-57-50(35-90-96(87,98)94-58)92-63(56(57)84)76-33-42-15-6-8-16-47-53(42)60(76)71-36-70-47)74-65(73-59)67-25-27-88-26-24-45(79)30-69-62(85)43(28-38-10-2-1-3-11-38)29-46(80)31-68-51(81)22-20-44(78)21-23-52(82)75-32-41-14-5-4-12-39(41)18-19-40-13-7-9-17-48(40)75/h1-5,7,9-14,17,33,36-37,43,49-50,55-58,63-64,83-84H,6,8,15-16,20-32,34-35H2,(H,68,81)(H,69,85)(H,86,97)(H,87,98)(H3,66,67,73,74)/t43-,49-,50-,55-,56-,57-,58-,63-,64-,95?,96?/m1/s1. The number of carbonyl (C=O) groups is 6. The van der Waals surface area contributed by atoms with Crippen molar-refractivity contribution in [2.45, 2.75) is 126 Å². The summed E-state index contributed by atoms with van der Waals surface area (Å²) < 4.78 is 45.0. The molecule has 0 saturated carbocycles. The lowest BCUT2D eigenvalue weighted by atomic mass is 9.93. The van der Waals surface area contributed by atoms with Crippen LogP contribution in [-0.2, 0) is 110 Å². The van der Waals surface area contributed by atoms with E-state index in [-0.39, 0.29) is 125 Å². The van der Waals surface area contributed by atoms with E-state index in [0.29, 0.717) is 16.9 Å². The van der Waals surface area contributed by atoms with Gasteiger partial charge < -0.3 is 74.4 Å². The van der Waals surface area contributed by atoms with Crippen LogP contribution in [0.15, 0.2) is 97.7 Å². The number of amides is 3. The topological polar surface area (TPSA) is 388 Å². The first-order valence-corrected chi connectivity index (χ1v) is 37.2. The number of nitrogens with two attached hydrogens (primary N) is 1. The monoisotopic (exact) mass is 1420 g/mol. The van der Waals surface area contributed by atoms with Gasteiger partial charge in [-0.1, -0.05) is 72.5 Å². The average Bonchev–Trinajstić information content (AvgIpc) is 1.59. The van der Waals surface area contributed by atoms with Crippen molar-refractivity contribution in [1.29, 1.82) is 0 Å². The van der Waals surface area contributed by atoms with Crippen molar-refractivity contribution < 1.29 is 81.1 Å². The van der Waals surface area contributed by atoms with E-state index in [1.54, 1.807) is 21.6 Å². The van der Waals surface area contributed by atoms with Crippen LogP contribution in [0, 0.1) is 17.8 Å². The minimum absolute atomic E-state index is 0.0201. The molecule has 11 atom stereocenters. The maximum absolute atomic E-state index is 13.6. The quantitative estimate of drug-likeness (QED) is 0.0241. The molecule has 2 unspecified atom stereocenters. The average molecular weight is 1420 g/mol. The Hall–Kier alpha value is -7.73. The second-order valence-electron chi connectivity index (χ2n) is 24.2. The maximum Gasteiger partial charge on any atom is 0.325 e. The van der Waals surface area contributed by atoms with Gasteiger partial charge in [0, 0.05) is 73.7 Å². The Labute approximate surface area is 572 Å². The molecular weight excluding hydrogens is 1350 g/mol. The number of Topliss-reactive ketones (excluding diaryl/α,β-unsaturated/α-hetero) is 3. The van der Waals surface area contributed by atoms with Crippen molar-refractivity contribution in [2.75, 3.05) is 62.0 Å². The number of ketones is 3. The highest BCUT2D eigenvalue weighted by Crippen LogP contribution is 2.54. The Morgan fingerprint density at radius 1 is 0.704 bits per heavy atom. The molecule has 29 nitrogen and oxygen atoms in total. The number of aliphatic hydroxyl groups excluding tert-OH is 2. The molecule has 1 aliphatic carbocycles. The lowest BCUT2D eigenvalue weighted by Crippen LogP contribution is -2.38. The summed E-state index contributed by atoms with van der Waals surface area (Å²) in [4.78, 5) is 126. The molecule has 98 heavy (non-hydrogen) atoms. The zero-order valence-electron chi connectivity index (χ0n) is 52.8. The number of imidazole rings is 1. The number of aliphatic hydroxyl groups is 2. The summed E-state index contributed by atoms with van der Waals surface area (Å²) in [5, 5.41) is 32.6. The molecule has 3 aromatic carbocycles. The van der Waals surface area contributed by atoms with Gasteiger partial charge in [0.2, 0.25) is 23.7 Å². The van der Waals surface area contributed by atoms with Gasteiger partial charge in [-0.15, -0.1) is 0 Å². The van der Waals surface area contributed by atoms with Crippen molar-refractivity contribution in [2.24, 2.45) is 5.92 Å². The van der Waals surface area contributed by atoms with Crippen LogP contribution in [0.2, 0.25) is 0 Å². The van der Waals surface area contributed by atoms with Crippen LogP contribution in [-0.4, -0.2) is 172 Å². The van der Waals surface area contributed by atoms with Crippen LogP contribution in [0.5, 0.6) is 0 Å². The molecule has 4 aromatic heterocycles. The third kappa shape index (κ3) is 16.8. The number of benzene rings is 3. The minimum atomic E-state index is -4.34. The Balaban J connectivity index is 0.591. The van der Waals surface area contributed by atoms with E-state index < -0.39 is 99.2 Å². The molecule has 7 aromatic rings. The number of rotatable bonds is 24. The number of hydrogen-bond acceptors (Lipinski definition) is 24. The van der Waals surface area contributed by atoms with Crippen LogP contribution in [0.4, 0.5) is 17.5 Å². The van der Waals surface area contributed by atoms with Crippen LogP contribution < -0.4 is 26.6 Å². The number of aryl methyl sites for hydroxylation is 2. The van der Waals surface area contributed by atoms with Gasteiger partial charge in [-0.2, -0.15) is 9.97 Å². The highest BCUT2D eigenvalue weighted by atomic mass is 32.5. The van der Waals surface area contributed by atoms with E-state index in [1.807, 2.05) is 72.9 Å². The fraction of sp³-hybridized carbons (Fsp3) is 0.431. The summed E-state index contributed by atoms with van der Waals surface area (Å²) in [7, 11) is 0. The second-order valence-corrected chi connectivity index (χ2v) is 29.8. The SMILES string of the molecule is Nc1nc(NCCOCCC(=O)CNC(=O)[C@@H](CC(=O)CNC(=O)CCC(=O)CCC(=O)N2Cc3ccccc3C#Cc3ccccc32)Cc2ccccc2)nc2c1ncn2[C@@H]1O[C@@H]2COP(O)(=S)O[C@H]3[C@@H](O)[C@H](n4cc5c6c(ncnc64)CCCC5)O[C@@H]3COP(O)(=S)O[C@@H]1[C@@H]2O. The first-order chi connectivity index (χ1) is 47.2. The van der Waals surface area contributed by atoms with E-state index in [0.717, 1.165) is 59.0 Å². The molecule has 2 bridgehead atoms. The van der Waals surface area contributed by atoms with Crippen molar-refractivity contribution >= 4 is 112 Å². The van der Waals surface area contributed by atoms with Gasteiger partial charge in [-0.25, -0.2) is 15.0 Å². The molecule has 33 heteroatoms. The molecule has 516 valence electrons. The van der Waals surface area contributed by atoms with Gasteiger partial charge in [0.25, 0.3) is 0 Å². The van der Waals surface area contributed by atoms with E-state index in [4.69, 9.17) is 61.7 Å². The molecule has 3 fully saturated rings. The molecular formula is C65H72N12O17P2S2. The number of para-hydroxylation sites is 1. The van der Waals surface area contributed by atoms with Crippen LogP contribution in [0.1, 0.15) is 97.3 Å². The van der Waals surface area contributed by atoms with Gasteiger partial charge in [0.05, 0.1) is 63.8 Å². The fourth-order valence-corrected chi connectivity index (χ4v) is 15.3. The van der Waals surface area contributed by atoms with Crippen LogP contribution >= 0.6 is 13.4 Å². The number of anilines is 3. The summed E-state index contributed by atoms with van der Waals surface area (Å²) in [5.41, 5.74) is 12.8. The van der Waals surface area contributed by atoms with E-state index in [1.165, 1.54) is 17.2 Å². The smallest absolute Gasteiger partial charge is 0.325 e. The number of nitrogens with one attached hydrogen (secondary N) is 3. The molecule has 8 heterocycles. The van der Waals surface area contributed by atoms with Gasteiger partial charge in [-0.3, -0.25) is 42.4 Å². The molecule has 3 amide bonds. The number of aromatic nitrogens is 7. The zero-order chi connectivity index (χ0) is 68.7. The lowest BCUT2D eigenvalue weighted by molar-refractivity contribution is -0.131. The number of ether oxygens (including phenoxy) is 3. The first kappa shape index (κ1) is 70.1. The van der Waals surface area contributed by atoms with Crippen molar-refractivity contribution in [3.63, 3.8) is 0 Å². The normalized spacial score (nSPS) is 24.7. The Bertz CT molecular complexity index is 4330. The third-order valence-corrected chi connectivity index (χ3v) is 20.5. The number of fused-ring (bicyclic) bond motifs is 6. The number of nitrogen functional groups attached to an aromatic ring is 1. The Morgan fingerprint density at radius 3 is 2.22 bits per heavy atom. The fourth-order valence-electron chi connectivity index (χ4n) is 12.4. The van der Waals surface area contributed by atoms with E-state index in [9.17, 15) is 48.8 Å². The third-order valence-electron chi connectivity index (χ3n) is 17.4. The summed E-state index contributed by atoms with van der Waals surface area (Å²) >= 11 is 10.9. The van der Waals surface area contributed by atoms with Gasteiger partial charge >= 0.3 is 13.4 Å². The summed E-state index contributed by atoms with van der Waals surface area (Å²) in [5.74, 6) is 3.00. The maximum atomic E-state index is 13.6. The van der Waals surface area contributed by atoms with Crippen molar-refractivity contribution in [3.05, 3.63) is 131 Å².